The summed E-state index contributed by atoms with van der Waals surface area (Å²) in [6.07, 6.45) is -3.00. The number of carbonyl (C=O) groups excluding carboxylic acids is 1. The number of nitrogens with zero attached hydrogens (tertiary/aromatic N) is 4. The minimum atomic E-state index is -5.09. The number of hydrogen-bond acceptors (Lipinski definition) is 6. The highest BCUT2D eigenvalue weighted by Gasteiger charge is 2.36. The summed E-state index contributed by atoms with van der Waals surface area (Å²) in [4.78, 5) is 38.3. The van der Waals surface area contributed by atoms with Crippen LogP contribution in [0.4, 0.5) is 23.2 Å². The van der Waals surface area contributed by atoms with Gasteiger partial charge in [-0.05, 0) is 42.8 Å². The molecular formula is C24H17ClF4N4O5S. The number of benzene rings is 2. The predicted molar refractivity (Wildman–Crippen MR) is 134 cm³/mol. The van der Waals surface area contributed by atoms with E-state index in [1.165, 1.54) is 43.3 Å². The van der Waals surface area contributed by atoms with Crippen LogP contribution in [0.15, 0.2) is 58.1 Å². The topological polar surface area (TPSA) is 122 Å². The Kier molecular flexibility index (Phi) is 8.18. The summed E-state index contributed by atoms with van der Waals surface area (Å²) in [7, 11) is -3.81. The number of nitriles is 1. The van der Waals surface area contributed by atoms with Gasteiger partial charge in [0.1, 0.15) is 17.6 Å². The smallest absolute Gasteiger partial charge is 0.292 e. The van der Waals surface area contributed by atoms with Gasteiger partial charge >= 0.3 is 11.9 Å². The van der Waals surface area contributed by atoms with E-state index in [4.69, 9.17) is 11.6 Å². The lowest BCUT2D eigenvalue weighted by Crippen LogP contribution is -2.41. The lowest BCUT2D eigenvalue weighted by Gasteiger charge is -2.23. The van der Waals surface area contributed by atoms with E-state index < -0.39 is 67.6 Å². The molecule has 0 unspecified atom stereocenters. The Hall–Kier alpha value is -4.22. The van der Waals surface area contributed by atoms with Crippen molar-refractivity contribution in [3.8, 4) is 11.8 Å². The van der Waals surface area contributed by atoms with Crippen molar-refractivity contribution in [2.75, 3.05) is 10.1 Å². The van der Waals surface area contributed by atoms with Crippen LogP contribution in [0.5, 0.6) is 0 Å². The molecule has 9 nitrogen and oxygen atoms in total. The number of amides is 1. The fraction of sp³-hybridized carbons (Fsp3) is 0.167. The van der Waals surface area contributed by atoms with Crippen LogP contribution in [-0.4, -0.2) is 29.2 Å². The van der Waals surface area contributed by atoms with E-state index in [1.54, 1.807) is 0 Å². The molecule has 0 saturated heterocycles. The zero-order chi connectivity index (χ0) is 29.3. The van der Waals surface area contributed by atoms with Crippen molar-refractivity contribution in [3.63, 3.8) is 0 Å². The maximum absolute atomic E-state index is 15.0. The van der Waals surface area contributed by atoms with E-state index in [0.29, 0.717) is 29.8 Å². The number of hydrogen-bond donors (Lipinski definition) is 0. The van der Waals surface area contributed by atoms with Crippen molar-refractivity contribution in [2.24, 2.45) is 7.05 Å². The molecule has 0 spiro atoms. The van der Waals surface area contributed by atoms with E-state index in [-0.39, 0.29) is 19.5 Å². The number of anilines is 1. The van der Waals surface area contributed by atoms with Crippen LogP contribution in [0, 0.1) is 17.1 Å². The summed E-state index contributed by atoms with van der Waals surface area (Å²) in [5.41, 5.74) is -6.73. The molecule has 0 fully saturated rings. The molecule has 3 rings (SSSR count). The number of alkyl halides is 3. The molecule has 0 aliphatic carbocycles. The standard InChI is InChI=1S/C24H17ClF4N4O5S/c1-3-39(37,38)33(21(34)9-6-14-4-7-16(25)8-5-14)18-11-19(17(26)10-15(18)13-30)32-22(35)12-20(24(27,28)29)31(2)23(32)36/h4-12H,3H2,1-2H3/b9-6+. The zero-order valence-electron chi connectivity index (χ0n) is 20.0. The van der Waals surface area contributed by atoms with Gasteiger partial charge in [-0.2, -0.15) is 18.4 Å². The molecule has 0 bridgehead atoms. The van der Waals surface area contributed by atoms with Crippen molar-refractivity contribution in [2.45, 2.75) is 13.1 Å². The first-order valence-electron chi connectivity index (χ1n) is 10.8. The number of sulfonamides is 1. The van der Waals surface area contributed by atoms with Gasteiger partial charge in [-0.1, -0.05) is 23.7 Å². The Morgan fingerprint density at radius 1 is 1.15 bits per heavy atom. The summed E-state index contributed by atoms with van der Waals surface area (Å²) >= 11 is 5.81. The molecule has 0 atom stereocenters. The van der Waals surface area contributed by atoms with Crippen LogP contribution in [0.3, 0.4) is 0 Å². The molecule has 1 amide bonds. The largest absolute Gasteiger partial charge is 0.431 e. The van der Waals surface area contributed by atoms with Gasteiger partial charge in [-0.25, -0.2) is 26.5 Å². The van der Waals surface area contributed by atoms with Crippen molar-refractivity contribution in [1.82, 2.24) is 9.13 Å². The first-order chi connectivity index (χ1) is 18.1. The first-order valence-corrected chi connectivity index (χ1v) is 12.8. The van der Waals surface area contributed by atoms with Gasteiger partial charge in [0.05, 0.1) is 22.7 Å². The van der Waals surface area contributed by atoms with Crippen LogP contribution < -0.4 is 15.6 Å². The van der Waals surface area contributed by atoms with E-state index in [9.17, 15) is 41.2 Å². The second-order valence-electron chi connectivity index (χ2n) is 7.86. The monoisotopic (exact) mass is 584 g/mol. The predicted octanol–water partition coefficient (Wildman–Crippen LogP) is 3.62. The molecule has 0 aliphatic heterocycles. The second-order valence-corrected chi connectivity index (χ2v) is 10.4. The van der Waals surface area contributed by atoms with Crippen LogP contribution in [-0.2, 0) is 28.0 Å². The molecule has 15 heteroatoms. The molecular weight excluding hydrogens is 568 g/mol. The summed E-state index contributed by atoms with van der Waals surface area (Å²) in [6, 6.07) is 8.68. The van der Waals surface area contributed by atoms with E-state index in [2.05, 4.69) is 0 Å². The fourth-order valence-corrected chi connectivity index (χ4v) is 4.61. The molecule has 2 aromatic carbocycles. The van der Waals surface area contributed by atoms with Crippen LogP contribution in [0.2, 0.25) is 5.02 Å². The highest BCUT2D eigenvalue weighted by molar-refractivity contribution is 7.93. The zero-order valence-corrected chi connectivity index (χ0v) is 21.6. The van der Waals surface area contributed by atoms with Crippen molar-refractivity contribution >= 4 is 39.3 Å². The van der Waals surface area contributed by atoms with Crippen molar-refractivity contribution in [1.29, 1.82) is 5.26 Å². The highest BCUT2D eigenvalue weighted by Crippen LogP contribution is 2.30. The van der Waals surface area contributed by atoms with E-state index >= 15 is 4.39 Å². The van der Waals surface area contributed by atoms with Gasteiger partial charge in [0.2, 0.25) is 10.0 Å². The van der Waals surface area contributed by atoms with Gasteiger partial charge in [0.25, 0.3) is 11.5 Å². The molecule has 0 radical (unpaired) electrons. The third-order valence-electron chi connectivity index (χ3n) is 5.39. The van der Waals surface area contributed by atoms with Gasteiger partial charge in [0.15, 0.2) is 0 Å². The van der Waals surface area contributed by atoms with Crippen LogP contribution >= 0.6 is 11.6 Å². The quantitative estimate of drug-likeness (QED) is 0.322. The van der Waals surface area contributed by atoms with E-state index in [0.717, 1.165) is 6.08 Å². The minimum absolute atomic E-state index is 0.0278. The van der Waals surface area contributed by atoms with Gasteiger partial charge < -0.3 is 0 Å². The third kappa shape index (κ3) is 5.94. The second kappa shape index (κ2) is 10.9. The van der Waals surface area contributed by atoms with Crippen LogP contribution in [0.25, 0.3) is 11.8 Å². The number of aromatic nitrogens is 2. The Labute approximate surface area is 223 Å². The maximum Gasteiger partial charge on any atom is 0.431 e. The molecule has 3 aromatic rings. The number of halogens is 5. The van der Waals surface area contributed by atoms with Crippen molar-refractivity contribution < 1.29 is 30.8 Å². The summed E-state index contributed by atoms with van der Waals surface area (Å²) in [5.74, 6) is -3.27. The summed E-state index contributed by atoms with van der Waals surface area (Å²) < 4.78 is 80.8. The normalized spacial score (nSPS) is 11.9. The Balaban J connectivity index is 2.29. The highest BCUT2D eigenvalue weighted by atomic mass is 35.5. The lowest BCUT2D eigenvalue weighted by atomic mass is 10.1. The summed E-state index contributed by atoms with van der Waals surface area (Å²) in [6.45, 7) is 1.19. The molecule has 39 heavy (non-hydrogen) atoms. The Bertz CT molecular complexity index is 1760. The molecule has 204 valence electrons. The van der Waals surface area contributed by atoms with Gasteiger partial charge in [-0.3, -0.25) is 14.2 Å². The molecule has 1 aromatic heterocycles. The molecule has 0 aliphatic rings. The van der Waals surface area contributed by atoms with Gasteiger partial charge in [0, 0.05) is 24.2 Å². The maximum atomic E-state index is 15.0. The van der Waals surface area contributed by atoms with Crippen LogP contribution in [0.1, 0.15) is 23.7 Å². The van der Waals surface area contributed by atoms with E-state index in [1.807, 2.05) is 0 Å². The average Bonchev–Trinajstić information content (AvgIpc) is 2.86. The average molecular weight is 585 g/mol. The molecule has 1 heterocycles. The Morgan fingerprint density at radius 3 is 2.31 bits per heavy atom. The van der Waals surface area contributed by atoms with Crippen molar-refractivity contribution in [3.05, 3.63) is 97.0 Å². The first kappa shape index (κ1) is 29.3. The molecule has 0 saturated carbocycles. The number of rotatable bonds is 6. The Morgan fingerprint density at radius 2 is 1.77 bits per heavy atom. The summed E-state index contributed by atoms with van der Waals surface area (Å²) in [5, 5.41) is 9.95. The lowest BCUT2D eigenvalue weighted by molar-refractivity contribution is -0.144. The fourth-order valence-electron chi connectivity index (χ4n) is 3.44. The molecule has 0 N–H and O–H groups in total. The number of carbonyl (C=O) groups is 1. The third-order valence-corrected chi connectivity index (χ3v) is 7.30. The van der Waals surface area contributed by atoms with Gasteiger partial charge in [-0.15, -0.1) is 0 Å². The SMILES string of the molecule is CCS(=O)(=O)N(C(=O)/C=C/c1ccc(Cl)cc1)c1cc(-n2c(=O)cc(C(F)(F)F)n(C)c2=O)c(F)cc1C#N. The minimum Gasteiger partial charge on any atom is -0.292 e.